The highest BCUT2D eigenvalue weighted by Crippen LogP contribution is 2.25. The van der Waals surface area contributed by atoms with Crippen LogP contribution in [-0.2, 0) is 25.5 Å². The maximum Gasteiger partial charge on any atom is 0.511 e. The molecule has 37 heavy (non-hydrogen) atoms. The van der Waals surface area contributed by atoms with E-state index >= 15 is 0 Å². The van der Waals surface area contributed by atoms with Gasteiger partial charge in [0, 0.05) is 25.9 Å². The van der Waals surface area contributed by atoms with Crippen molar-refractivity contribution in [2.45, 2.75) is 33.4 Å². The summed E-state index contributed by atoms with van der Waals surface area (Å²) in [7, 11) is 1.73. The van der Waals surface area contributed by atoms with Crippen LogP contribution in [0.5, 0.6) is 0 Å². The number of hydrogen-bond donors (Lipinski definition) is 1. The Labute approximate surface area is 220 Å². The molecule has 0 radical (unpaired) electrons. The molecule has 1 heterocycles. The van der Waals surface area contributed by atoms with Crippen LogP contribution in [0.1, 0.15) is 30.7 Å². The molecule has 3 rings (SSSR count). The highest BCUT2D eigenvalue weighted by Gasteiger charge is 2.10. The van der Waals surface area contributed by atoms with Gasteiger partial charge in [0.25, 0.3) is 6.47 Å². The number of aromatic nitrogens is 2. The predicted octanol–water partition coefficient (Wildman–Crippen LogP) is 4.82. The minimum absolute atomic E-state index is 0.183. The average Bonchev–Trinajstić information content (AvgIpc) is 3.20. The van der Waals surface area contributed by atoms with Crippen LogP contribution in [0, 0.1) is 6.92 Å². The minimum atomic E-state index is -0.846. The van der Waals surface area contributed by atoms with E-state index in [1.54, 1.807) is 27.2 Å². The molecule has 0 atom stereocenters. The van der Waals surface area contributed by atoms with Crippen molar-refractivity contribution in [1.82, 2.24) is 15.0 Å². The number of amidine groups is 1. The summed E-state index contributed by atoms with van der Waals surface area (Å²) in [4.78, 5) is 28.4. The molecule has 11 heteroatoms. The van der Waals surface area contributed by atoms with Crippen LogP contribution in [0.2, 0.25) is 5.15 Å². The van der Waals surface area contributed by atoms with Crippen LogP contribution in [0.4, 0.5) is 4.79 Å². The fourth-order valence-corrected chi connectivity index (χ4v) is 3.30. The van der Waals surface area contributed by atoms with Crippen molar-refractivity contribution in [2.75, 3.05) is 13.8 Å². The average molecular weight is 528 g/mol. The summed E-state index contributed by atoms with van der Waals surface area (Å²) in [5.41, 5.74) is 8.17. The molecule has 0 fully saturated rings. The van der Waals surface area contributed by atoms with Gasteiger partial charge < -0.3 is 18.8 Å². The van der Waals surface area contributed by atoms with E-state index in [9.17, 15) is 9.59 Å². The van der Waals surface area contributed by atoms with Crippen molar-refractivity contribution in [2.24, 2.45) is 10.1 Å². The van der Waals surface area contributed by atoms with Crippen molar-refractivity contribution >= 4 is 36.8 Å². The second-order valence-electron chi connectivity index (χ2n) is 7.78. The van der Waals surface area contributed by atoms with E-state index in [1.165, 1.54) is 5.56 Å². The van der Waals surface area contributed by atoms with Gasteiger partial charge in [-0.15, -0.1) is 0 Å². The number of imidazole rings is 1. The van der Waals surface area contributed by atoms with E-state index in [0.717, 1.165) is 28.9 Å². The van der Waals surface area contributed by atoms with Crippen LogP contribution < -0.4 is 5.43 Å². The van der Waals surface area contributed by atoms with Gasteiger partial charge in [0.1, 0.15) is 11.0 Å². The molecule has 0 bridgehead atoms. The van der Waals surface area contributed by atoms with Gasteiger partial charge in [-0.25, -0.2) is 9.78 Å². The van der Waals surface area contributed by atoms with Crippen LogP contribution in [0.15, 0.2) is 65.0 Å². The first-order chi connectivity index (χ1) is 17.8. The number of nitrogens with one attached hydrogen (secondary N) is 1. The Morgan fingerprint density at radius 1 is 1.22 bits per heavy atom. The number of benzene rings is 2. The number of carbonyl (C=O) groups is 2. The summed E-state index contributed by atoms with van der Waals surface area (Å²) >= 11 is 6.03. The monoisotopic (exact) mass is 527 g/mol. The van der Waals surface area contributed by atoms with Crippen molar-refractivity contribution in [1.29, 1.82) is 0 Å². The molecule has 3 aromatic rings. The lowest BCUT2D eigenvalue weighted by Crippen LogP contribution is -2.19. The quantitative estimate of drug-likeness (QED) is 0.0806. The van der Waals surface area contributed by atoms with Gasteiger partial charge in [0.15, 0.2) is 0 Å². The minimum Gasteiger partial charge on any atom is -0.431 e. The highest BCUT2D eigenvalue weighted by molar-refractivity contribution is 6.30. The Bertz CT molecular complexity index is 1210. The van der Waals surface area contributed by atoms with Crippen molar-refractivity contribution in [3.8, 4) is 11.1 Å². The molecule has 1 N–H and O–H groups in total. The molecule has 0 amide bonds. The van der Waals surface area contributed by atoms with Gasteiger partial charge in [-0.3, -0.25) is 15.2 Å². The smallest absolute Gasteiger partial charge is 0.431 e. The maximum absolute atomic E-state index is 10.5. The molecule has 0 spiro atoms. The molecule has 0 saturated heterocycles. The van der Waals surface area contributed by atoms with Crippen LogP contribution in [0.3, 0.4) is 0 Å². The van der Waals surface area contributed by atoms with E-state index in [4.69, 9.17) is 11.6 Å². The Morgan fingerprint density at radius 3 is 2.49 bits per heavy atom. The lowest BCUT2D eigenvalue weighted by Gasteiger charge is -2.12. The second kappa shape index (κ2) is 15.0. The topological polar surface area (TPSA) is 116 Å². The number of nitrogens with zero attached hydrogens (tertiary/aromatic N) is 4. The maximum atomic E-state index is 10.5. The number of aliphatic imine (C=N–C) groups is 1. The summed E-state index contributed by atoms with van der Waals surface area (Å²) in [6, 6.07) is 16.5. The Kier molecular flexibility index (Phi) is 11.8. The number of hydrogen-bond acceptors (Lipinski definition) is 8. The van der Waals surface area contributed by atoms with Crippen molar-refractivity contribution < 1.29 is 23.8 Å². The lowest BCUT2D eigenvalue weighted by molar-refractivity contribution is -0.138. The molecule has 10 nitrogen and oxygen atoms in total. The zero-order valence-corrected chi connectivity index (χ0v) is 21.9. The van der Waals surface area contributed by atoms with Gasteiger partial charge in [-0.05, 0) is 37.5 Å². The predicted molar refractivity (Wildman–Crippen MR) is 143 cm³/mol. The standard InChI is InChI=1S/C20H20ClN5.C6H10O5/c1-14-19(21)24-13-26(14)12-15-8-10-16(11-9-15)17-6-4-5-7-18(17)20(22-2)25-23-3;1-5(2)11-6(8)10-4-9-3-7/h4-11,13H,3,12H2,1-2H3,(H,22,25);3,5H,4H2,1-2H3. The van der Waals surface area contributed by atoms with Gasteiger partial charge in [0.05, 0.1) is 18.1 Å². The van der Waals surface area contributed by atoms with Crippen LogP contribution >= 0.6 is 11.6 Å². The van der Waals surface area contributed by atoms with Crippen LogP contribution in [-0.4, -0.2) is 54.7 Å². The van der Waals surface area contributed by atoms with Crippen molar-refractivity contribution in [3.63, 3.8) is 0 Å². The fourth-order valence-electron chi connectivity index (χ4n) is 3.15. The van der Waals surface area contributed by atoms with E-state index in [-0.39, 0.29) is 12.6 Å². The number of halogens is 1. The fraction of sp³-hybridized carbons (Fsp3) is 0.269. The Morgan fingerprint density at radius 2 is 1.92 bits per heavy atom. The molecule has 0 aliphatic carbocycles. The van der Waals surface area contributed by atoms with E-state index in [0.29, 0.717) is 11.0 Å². The van der Waals surface area contributed by atoms with Gasteiger partial charge in [0.2, 0.25) is 6.79 Å². The first kappa shape index (κ1) is 29.1. The van der Waals surface area contributed by atoms with E-state index in [1.807, 2.05) is 29.7 Å². The molecular formula is C26H30ClN5O5. The number of ether oxygens (including phenoxy) is 3. The zero-order valence-electron chi connectivity index (χ0n) is 21.2. The molecule has 0 saturated carbocycles. The third kappa shape index (κ3) is 9.08. The molecule has 0 unspecified atom stereocenters. The van der Waals surface area contributed by atoms with Gasteiger partial charge >= 0.3 is 6.16 Å². The zero-order chi connectivity index (χ0) is 27.2. The molecule has 1 aromatic heterocycles. The Balaban J connectivity index is 0.000000371. The SMILES string of the molecule is C=NNC(=NC)c1ccccc1-c1ccc(Cn2cnc(Cl)c2C)cc1.CC(C)OC(=O)OCOC=O. The summed E-state index contributed by atoms with van der Waals surface area (Å²) < 4.78 is 14.9. The van der Waals surface area contributed by atoms with Crippen molar-refractivity contribution in [3.05, 3.63) is 76.8 Å². The van der Waals surface area contributed by atoms with Gasteiger partial charge in [-0.1, -0.05) is 60.1 Å². The Hall–Kier alpha value is -4.18. The lowest BCUT2D eigenvalue weighted by atomic mass is 9.98. The van der Waals surface area contributed by atoms with Gasteiger partial charge in [-0.2, -0.15) is 5.10 Å². The highest BCUT2D eigenvalue weighted by atomic mass is 35.5. The molecule has 0 aliphatic heterocycles. The number of carbonyl (C=O) groups excluding carboxylic acids is 2. The molecule has 196 valence electrons. The summed E-state index contributed by atoms with van der Waals surface area (Å²) in [6.07, 6.45) is 0.680. The van der Waals surface area contributed by atoms with E-state index < -0.39 is 12.9 Å². The normalized spacial score (nSPS) is 10.7. The molecular weight excluding hydrogens is 498 g/mol. The second-order valence-corrected chi connectivity index (χ2v) is 8.13. The molecule has 0 aliphatic rings. The number of hydrazone groups is 1. The number of rotatable bonds is 9. The summed E-state index contributed by atoms with van der Waals surface area (Å²) in [5.74, 6) is 0.684. The largest absolute Gasteiger partial charge is 0.511 e. The first-order valence-electron chi connectivity index (χ1n) is 11.2. The third-order valence-electron chi connectivity index (χ3n) is 4.89. The van der Waals surface area contributed by atoms with Crippen LogP contribution in [0.25, 0.3) is 11.1 Å². The van der Waals surface area contributed by atoms with E-state index in [2.05, 4.69) is 71.8 Å². The molecule has 2 aromatic carbocycles. The summed E-state index contributed by atoms with van der Waals surface area (Å²) in [6.45, 7) is 9.32. The third-order valence-corrected chi connectivity index (χ3v) is 5.26. The summed E-state index contributed by atoms with van der Waals surface area (Å²) in [5, 5.41) is 4.29. The first-order valence-corrected chi connectivity index (χ1v) is 11.6.